The van der Waals surface area contributed by atoms with Gasteiger partial charge in [0.15, 0.2) is 5.82 Å². The monoisotopic (exact) mass is 503 g/mol. The highest BCUT2D eigenvalue weighted by molar-refractivity contribution is 5.80. The lowest BCUT2D eigenvalue weighted by molar-refractivity contribution is 0.0110. The molecule has 1 saturated heterocycles. The van der Waals surface area contributed by atoms with Gasteiger partial charge in [-0.2, -0.15) is 4.98 Å². The highest BCUT2D eigenvalue weighted by Gasteiger charge is 2.28. The zero-order valence-electron chi connectivity index (χ0n) is 22.0. The van der Waals surface area contributed by atoms with Crippen molar-refractivity contribution in [1.29, 1.82) is 0 Å². The van der Waals surface area contributed by atoms with Crippen molar-refractivity contribution in [2.45, 2.75) is 52.7 Å². The lowest BCUT2D eigenvalue weighted by Crippen LogP contribution is -2.50. The Morgan fingerprint density at radius 2 is 1.92 bits per heavy atom. The highest BCUT2D eigenvalue weighted by Crippen LogP contribution is 2.25. The van der Waals surface area contributed by atoms with Crippen LogP contribution < -0.4 is 0 Å². The van der Waals surface area contributed by atoms with Crippen molar-refractivity contribution in [2.75, 3.05) is 26.2 Å². The summed E-state index contributed by atoms with van der Waals surface area (Å²) in [5.41, 5.74) is 4.30. The maximum Gasteiger partial charge on any atom is 0.410 e. The molecular formula is C27H33N7O3. The first-order chi connectivity index (χ1) is 17.6. The van der Waals surface area contributed by atoms with E-state index in [2.05, 4.69) is 44.1 Å². The molecule has 1 atom stereocenters. The largest absolute Gasteiger partial charge is 0.444 e. The number of piperazine rings is 1. The van der Waals surface area contributed by atoms with Gasteiger partial charge in [-0.3, -0.25) is 9.88 Å². The summed E-state index contributed by atoms with van der Waals surface area (Å²) in [7, 11) is 0. The minimum atomic E-state index is -0.482. The number of ether oxygens (including phenoxy) is 1. The molecule has 0 radical (unpaired) electrons. The fourth-order valence-corrected chi connectivity index (χ4v) is 4.55. The van der Waals surface area contributed by atoms with Crippen LogP contribution in [0.5, 0.6) is 0 Å². The number of aryl methyl sites for hydroxylation is 1. The number of carbonyl (C=O) groups excluding carboxylic acids is 1. The number of hydrogen-bond donors (Lipinski definition) is 1. The topological polar surface area (TPSA) is 113 Å². The van der Waals surface area contributed by atoms with E-state index in [0.717, 1.165) is 41.2 Å². The Hall–Kier alpha value is -3.79. The molecule has 1 fully saturated rings. The summed E-state index contributed by atoms with van der Waals surface area (Å²) in [6.45, 7) is 12.6. The van der Waals surface area contributed by atoms with Gasteiger partial charge in [-0.05, 0) is 70.5 Å². The maximum atomic E-state index is 12.4. The predicted molar refractivity (Wildman–Crippen MR) is 139 cm³/mol. The normalized spacial score (nSPS) is 15.8. The quantitative estimate of drug-likeness (QED) is 0.423. The Balaban J connectivity index is 1.24. The van der Waals surface area contributed by atoms with Crippen LogP contribution in [0.4, 0.5) is 4.79 Å². The van der Waals surface area contributed by atoms with Gasteiger partial charge in [0, 0.05) is 56.1 Å². The van der Waals surface area contributed by atoms with E-state index >= 15 is 0 Å². The van der Waals surface area contributed by atoms with E-state index in [9.17, 15) is 4.79 Å². The summed E-state index contributed by atoms with van der Waals surface area (Å²) >= 11 is 0. The fourth-order valence-electron chi connectivity index (χ4n) is 4.55. The molecule has 3 aromatic heterocycles. The number of imidazole rings is 1. The Labute approximate surface area is 216 Å². The minimum absolute atomic E-state index is 0.207. The zero-order valence-corrected chi connectivity index (χ0v) is 22.0. The molecule has 10 heteroatoms. The third-order valence-electron chi connectivity index (χ3n) is 6.49. The van der Waals surface area contributed by atoms with Crippen molar-refractivity contribution in [2.24, 2.45) is 0 Å². The first kappa shape index (κ1) is 24.9. The smallest absolute Gasteiger partial charge is 0.410 e. The molecule has 37 heavy (non-hydrogen) atoms. The molecule has 4 aromatic rings. The van der Waals surface area contributed by atoms with E-state index in [4.69, 9.17) is 14.2 Å². The lowest BCUT2D eigenvalue weighted by atomic mass is 10.1. The predicted octanol–water partition coefficient (Wildman–Crippen LogP) is 4.52. The third-order valence-corrected chi connectivity index (χ3v) is 6.49. The van der Waals surface area contributed by atoms with Crippen LogP contribution in [-0.2, 0) is 11.2 Å². The zero-order chi connectivity index (χ0) is 26.2. The molecule has 0 bridgehead atoms. The molecule has 0 saturated carbocycles. The van der Waals surface area contributed by atoms with Crippen LogP contribution >= 0.6 is 0 Å². The fraction of sp³-hybridized carbons (Fsp3) is 0.444. The Bertz CT molecular complexity index is 1400. The van der Waals surface area contributed by atoms with Crippen LogP contribution in [-0.4, -0.2) is 72.8 Å². The van der Waals surface area contributed by atoms with Crippen molar-refractivity contribution in [3.8, 4) is 11.5 Å². The van der Waals surface area contributed by atoms with Crippen molar-refractivity contribution < 1.29 is 14.1 Å². The summed E-state index contributed by atoms with van der Waals surface area (Å²) in [5.74, 6) is 1.94. The van der Waals surface area contributed by atoms with Crippen molar-refractivity contribution in [3.63, 3.8) is 0 Å². The molecule has 1 aliphatic heterocycles. The van der Waals surface area contributed by atoms with Gasteiger partial charge in [-0.15, -0.1) is 0 Å². The van der Waals surface area contributed by atoms with Crippen LogP contribution in [0.1, 0.15) is 56.6 Å². The molecule has 1 aromatic carbocycles. The number of pyridine rings is 1. The van der Waals surface area contributed by atoms with E-state index in [1.165, 1.54) is 5.56 Å². The molecular weight excluding hydrogens is 470 g/mol. The lowest BCUT2D eigenvalue weighted by Gasteiger charge is -2.38. The van der Waals surface area contributed by atoms with Crippen LogP contribution in [0.2, 0.25) is 0 Å². The van der Waals surface area contributed by atoms with E-state index in [1.54, 1.807) is 11.8 Å². The van der Waals surface area contributed by atoms with Crippen LogP contribution in [0.25, 0.3) is 22.5 Å². The first-order valence-electron chi connectivity index (χ1n) is 12.6. The average molecular weight is 504 g/mol. The van der Waals surface area contributed by atoms with Gasteiger partial charge < -0.3 is 19.1 Å². The standard InChI is InChI=1S/C27H33N7O3/c1-17(33-10-12-34(13-11-33)26(35)36-27(3,4)5)19-8-9-28-21(14-19)16-24-30-22-7-6-20(15-23(22)31-24)25-29-18(2)32-37-25/h6-9,14-15,17H,10-13,16H2,1-5H3,(H,30,31). The number of hydrogen-bond acceptors (Lipinski definition) is 8. The molecule has 1 amide bonds. The van der Waals surface area contributed by atoms with Gasteiger partial charge in [-0.25, -0.2) is 9.78 Å². The van der Waals surface area contributed by atoms with E-state index in [-0.39, 0.29) is 12.1 Å². The molecule has 1 aliphatic rings. The molecule has 0 aliphatic carbocycles. The van der Waals surface area contributed by atoms with E-state index < -0.39 is 5.60 Å². The second-order valence-corrected chi connectivity index (χ2v) is 10.5. The second kappa shape index (κ2) is 9.93. The molecule has 4 heterocycles. The molecule has 1 unspecified atom stereocenters. The molecule has 0 spiro atoms. The number of carbonyl (C=O) groups is 1. The van der Waals surface area contributed by atoms with Gasteiger partial charge in [0.1, 0.15) is 11.4 Å². The number of aromatic nitrogens is 5. The maximum absolute atomic E-state index is 12.4. The summed E-state index contributed by atoms with van der Waals surface area (Å²) < 4.78 is 10.8. The highest BCUT2D eigenvalue weighted by atomic mass is 16.6. The van der Waals surface area contributed by atoms with Crippen LogP contribution in [0, 0.1) is 6.92 Å². The summed E-state index contributed by atoms with van der Waals surface area (Å²) in [5, 5.41) is 3.87. The Kier molecular flexibility index (Phi) is 6.68. The Morgan fingerprint density at radius 1 is 1.14 bits per heavy atom. The summed E-state index contributed by atoms with van der Waals surface area (Å²) in [4.78, 5) is 33.6. The van der Waals surface area contributed by atoms with Gasteiger partial charge in [0.05, 0.1) is 11.0 Å². The van der Waals surface area contributed by atoms with Crippen LogP contribution in [0.15, 0.2) is 41.1 Å². The summed E-state index contributed by atoms with van der Waals surface area (Å²) in [6, 6.07) is 10.3. The van der Waals surface area contributed by atoms with Gasteiger partial charge in [0.25, 0.3) is 5.89 Å². The summed E-state index contributed by atoms with van der Waals surface area (Å²) in [6.07, 6.45) is 2.21. The first-order valence-corrected chi connectivity index (χ1v) is 12.6. The minimum Gasteiger partial charge on any atom is -0.444 e. The van der Waals surface area contributed by atoms with Crippen LogP contribution in [0.3, 0.4) is 0 Å². The number of rotatable bonds is 5. The number of benzene rings is 1. The molecule has 5 rings (SSSR count). The number of nitrogens with one attached hydrogen (secondary N) is 1. The number of amides is 1. The third kappa shape index (κ3) is 5.80. The molecule has 194 valence electrons. The second-order valence-electron chi connectivity index (χ2n) is 10.5. The Morgan fingerprint density at radius 3 is 2.62 bits per heavy atom. The van der Waals surface area contributed by atoms with Crippen molar-refractivity contribution >= 4 is 17.1 Å². The number of fused-ring (bicyclic) bond motifs is 1. The number of H-pyrrole nitrogens is 1. The number of aromatic amines is 1. The molecule has 10 nitrogen and oxygen atoms in total. The number of nitrogens with zero attached hydrogens (tertiary/aromatic N) is 6. The van der Waals surface area contributed by atoms with E-state index in [1.807, 2.05) is 45.2 Å². The average Bonchev–Trinajstić information content (AvgIpc) is 3.47. The van der Waals surface area contributed by atoms with Gasteiger partial charge in [0.2, 0.25) is 0 Å². The van der Waals surface area contributed by atoms with Crippen molar-refractivity contribution in [3.05, 3.63) is 59.4 Å². The van der Waals surface area contributed by atoms with Crippen molar-refractivity contribution in [1.82, 2.24) is 34.9 Å². The van der Waals surface area contributed by atoms with Gasteiger partial charge in [-0.1, -0.05) is 5.16 Å². The van der Waals surface area contributed by atoms with E-state index in [0.29, 0.717) is 31.2 Å². The SMILES string of the molecule is Cc1noc(-c2ccc3nc(Cc4cc(C(C)N5CCN(C(=O)OC(C)(C)C)CC5)ccn4)[nH]c3c2)n1. The molecule has 1 N–H and O–H groups in total. The van der Waals surface area contributed by atoms with Gasteiger partial charge >= 0.3 is 6.09 Å².